The van der Waals surface area contributed by atoms with Gasteiger partial charge in [-0.05, 0) is 35.4 Å². The molecule has 0 aliphatic heterocycles. The molecule has 0 bridgehead atoms. The van der Waals surface area contributed by atoms with Crippen LogP contribution in [0.5, 0.6) is 5.75 Å². The second-order valence-corrected chi connectivity index (χ2v) is 6.92. The molecule has 3 aromatic carbocycles. The minimum atomic E-state index is -0.0643. The van der Waals surface area contributed by atoms with E-state index in [9.17, 15) is 4.79 Å². The van der Waals surface area contributed by atoms with Crippen molar-refractivity contribution in [2.24, 2.45) is 0 Å². The van der Waals surface area contributed by atoms with Crippen LogP contribution in [0.2, 0.25) is 0 Å². The molecule has 140 valence electrons. The lowest BCUT2D eigenvalue weighted by Gasteiger charge is -2.12. The number of rotatable bonds is 7. The second kappa shape index (κ2) is 8.22. The van der Waals surface area contributed by atoms with E-state index < -0.39 is 0 Å². The fourth-order valence-corrected chi connectivity index (χ4v) is 3.56. The Morgan fingerprint density at radius 1 is 0.857 bits per heavy atom. The summed E-state index contributed by atoms with van der Waals surface area (Å²) in [7, 11) is 0. The summed E-state index contributed by atoms with van der Waals surface area (Å²) in [6, 6.07) is 21.5. The minimum absolute atomic E-state index is 0.0643. The van der Waals surface area contributed by atoms with Gasteiger partial charge in [0.05, 0.1) is 6.61 Å². The predicted molar refractivity (Wildman–Crippen MR) is 114 cm³/mol. The Balaban J connectivity index is 1.76. The van der Waals surface area contributed by atoms with Gasteiger partial charge in [0, 0.05) is 22.5 Å². The molecule has 1 heterocycles. The SMILES string of the molecule is CCCCCOc1ccc(C(=O)c2nccc3ccccc23)c2ccccc12. The maximum atomic E-state index is 13.4. The zero-order valence-corrected chi connectivity index (χ0v) is 16.0. The van der Waals surface area contributed by atoms with E-state index in [-0.39, 0.29) is 5.78 Å². The number of aromatic nitrogens is 1. The molecule has 0 fully saturated rings. The normalized spacial score (nSPS) is 11.0. The van der Waals surface area contributed by atoms with Gasteiger partial charge in [-0.3, -0.25) is 9.78 Å². The van der Waals surface area contributed by atoms with Gasteiger partial charge in [-0.25, -0.2) is 0 Å². The number of hydrogen-bond donors (Lipinski definition) is 0. The highest BCUT2D eigenvalue weighted by atomic mass is 16.5. The highest BCUT2D eigenvalue weighted by Crippen LogP contribution is 2.31. The first kappa shape index (κ1) is 18.2. The van der Waals surface area contributed by atoms with Gasteiger partial charge in [-0.2, -0.15) is 0 Å². The zero-order valence-electron chi connectivity index (χ0n) is 16.0. The van der Waals surface area contributed by atoms with E-state index in [0.29, 0.717) is 17.9 Å². The maximum absolute atomic E-state index is 13.4. The number of nitrogens with zero attached hydrogens (tertiary/aromatic N) is 1. The van der Waals surface area contributed by atoms with Gasteiger partial charge in [0.2, 0.25) is 5.78 Å². The third-order valence-electron chi connectivity index (χ3n) is 5.02. The number of ether oxygens (including phenoxy) is 1. The van der Waals surface area contributed by atoms with Gasteiger partial charge >= 0.3 is 0 Å². The van der Waals surface area contributed by atoms with Crippen molar-refractivity contribution in [1.82, 2.24) is 4.98 Å². The van der Waals surface area contributed by atoms with Crippen molar-refractivity contribution >= 4 is 27.3 Å². The molecule has 3 nitrogen and oxygen atoms in total. The molecule has 0 amide bonds. The standard InChI is InChI=1S/C25H23NO2/c1-2-3-8-17-28-23-14-13-22(20-11-6-7-12-21(20)23)25(27)24-19-10-5-4-9-18(19)15-16-26-24/h4-7,9-16H,2-3,8,17H2,1H3. The van der Waals surface area contributed by atoms with Crippen LogP contribution in [0.4, 0.5) is 0 Å². The number of carbonyl (C=O) groups is 1. The average Bonchev–Trinajstić information content (AvgIpc) is 2.76. The minimum Gasteiger partial charge on any atom is -0.493 e. The summed E-state index contributed by atoms with van der Waals surface area (Å²) in [6.07, 6.45) is 5.05. The topological polar surface area (TPSA) is 39.2 Å². The second-order valence-electron chi connectivity index (χ2n) is 6.92. The van der Waals surface area contributed by atoms with Crippen LogP contribution in [0.15, 0.2) is 72.9 Å². The monoisotopic (exact) mass is 369 g/mol. The van der Waals surface area contributed by atoms with Crippen molar-refractivity contribution in [3.8, 4) is 5.75 Å². The lowest BCUT2D eigenvalue weighted by molar-refractivity contribution is 0.103. The van der Waals surface area contributed by atoms with E-state index in [1.54, 1.807) is 6.20 Å². The summed E-state index contributed by atoms with van der Waals surface area (Å²) in [6.45, 7) is 2.87. The van der Waals surface area contributed by atoms with Crippen molar-refractivity contribution < 1.29 is 9.53 Å². The molecule has 0 atom stereocenters. The molecule has 1 aromatic heterocycles. The molecule has 28 heavy (non-hydrogen) atoms. The molecule has 4 rings (SSSR count). The lowest BCUT2D eigenvalue weighted by atomic mass is 9.97. The number of carbonyl (C=O) groups excluding carboxylic acids is 1. The zero-order chi connectivity index (χ0) is 19.3. The first-order valence-electron chi connectivity index (χ1n) is 9.82. The van der Waals surface area contributed by atoms with Crippen molar-refractivity contribution in [3.63, 3.8) is 0 Å². The molecule has 0 saturated heterocycles. The Morgan fingerprint density at radius 2 is 1.61 bits per heavy atom. The molecule has 0 aliphatic carbocycles. The third kappa shape index (κ3) is 3.48. The highest BCUT2D eigenvalue weighted by Gasteiger charge is 2.18. The van der Waals surface area contributed by atoms with Crippen molar-refractivity contribution in [2.45, 2.75) is 26.2 Å². The van der Waals surface area contributed by atoms with Crippen molar-refractivity contribution in [1.29, 1.82) is 0 Å². The molecule has 0 N–H and O–H groups in total. The van der Waals surface area contributed by atoms with Gasteiger partial charge in [-0.1, -0.05) is 68.3 Å². The van der Waals surface area contributed by atoms with Crippen LogP contribution in [0.3, 0.4) is 0 Å². The Morgan fingerprint density at radius 3 is 2.43 bits per heavy atom. The highest BCUT2D eigenvalue weighted by molar-refractivity contribution is 6.20. The summed E-state index contributed by atoms with van der Waals surface area (Å²) < 4.78 is 6.01. The van der Waals surface area contributed by atoms with Gasteiger partial charge in [0.25, 0.3) is 0 Å². The predicted octanol–water partition coefficient (Wildman–Crippen LogP) is 6.19. The molecule has 0 saturated carbocycles. The smallest absolute Gasteiger partial charge is 0.212 e. The average molecular weight is 369 g/mol. The molecule has 4 aromatic rings. The maximum Gasteiger partial charge on any atom is 0.212 e. The lowest BCUT2D eigenvalue weighted by Crippen LogP contribution is -2.06. The van der Waals surface area contributed by atoms with Crippen LogP contribution >= 0.6 is 0 Å². The summed E-state index contributed by atoms with van der Waals surface area (Å²) >= 11 is 0. The van der Waals surface area contributed by atoms with Crippen LogP contribution in [-0.4, -0.2) is 17.4 Å². The Kier molecular flexibility index (Phi) is 5.34. The fraction of sp³-hybridized carbons (Fsp3) is 0.200. The van der Waals surface area contributed by atoms with Crippen LogP contribution in [0.1, 0.15) is 42.2 Å². The summed E-state index contributed by atoms with van der Waals surface area (Å²) in [5.74, 6) is 0.764. The van der Waals surface area contributed by atoms with E-state index in [1.165, 1.54) is 0 Å². The number of unbranched alkanes of at least 4 members (excludes halogenated alkanes) is 2. The summed E-state index contributed by atoms with van der Waals surface area (Å²) in [5, 5.41) is 3.75. The van der Waals surface area contributed by atoms with Crippen molar-refractivity contribution in [2.75, 3.05) is 6.61 Å². The van der Waals surface area contributed by atoms with Gasteiger partial charge in [-0.15, -0.1) is 0 Å². The van der Waals surface area contributed by atoms with E-state index in [0.717, 1.165) is 46.6 Å². The molecule has 0 aliphatic rings. The van der Waals surface area contributed by atoms with E-state index in [1.807, 2.05) is 66.7 Å². The molecule has 0 radical (unpaired) electrons. The van der Waals surface area contributed by atoms with Crippen LogP contribution in [-0.2, 0) is 0 Å². The first-order valence-corrected chi connectivity index (χ1v) is 9.82. The molecular weight excluding hydrogens is 346 g/mol. The first-order chi connectivity index (χ1) is 13.8. The Hall–Kier alpha value is -3.20. The summed E-state index contributed by atoms with van der Waals surface area (Å²) in [5.41, 5.74) is 1.14. The van der Waals surface area contributed by atoms with E-state index in [4.69, 9.17) is 4.74 Å². The quantitative estimate of drug-likeness (QED) is 0.288. The van der Waals surface area contributed by atoms with E-state index in [2.05, 4.69) is 11.9 Å². The number of pyridine rings is 1. The van der Waals surface area contributed by atoms with Gasteiger partial charge in [0.1, 0.15) is 11.4 Å². The molecule has 3 heteroatoms. The molecular formula is C25H23NO2. The number of hydrogen-bond acceptors (Lipinski definition) is 3. The summed E-state index contributed by atoms with van der Waals surface area (Å²) in [4.78, 5) is 17.8. The van der Waals surface area contributed by atoms with E-state index >= 15 is 0 Å². The fourth-order valence-electron chi connectivity index (χ4n) is 3.56. The molecule has 0 unspecified atom stereocenters. The third-order valence-corrected chi connectivity index (χ3v) is 5.02. The van der Waals surface area contributed by atoms with Gasteiger partial charge in [0.15, 0.2) is 0 Å². The Labute approximate surface area is 165 Å². The Bertz CT molecular complexity index is 1130. The number of fused-ring (bicyclic) bond motifs is 2. The molecule has 0 spiro atoms. The number of benzene rings is 3. The van der Waals surface area contributed by atoms with Crippen LogP contribution in [0.25, 0.3) is 21.5 Å². The van der Waals surface area contributed by atoms with Crippen LogP contribution < -0.4 is 4.74 Å². The van der Waals surface area contributed by atoms with Crippen molar-refractivity contribution in [3.05, 3.63) is 84.2 Å². The van der Waals surface area contributed by atoms with Crippen LogP contribution in [0, 0.1) is 0 Å². The largest absolute Gasteiger partial charge is 0.493 e. The van der Waals surface area contributed by atoms with Gasteiger partial charge < -0.3 is 4.74 Å². The number of ketones is 1.